The zero-order valence-corrected chi connectivity index (χ0v) is 18.1. The maximum absolute atomic E-state index is 13.4. The van der Waals surface area contributed by atoms with Gasteiger partial charge in [0.2, 0.25) is 0 Å². The van der Waals surface area contributed by atoms with Crippen LogP contribution in [0.4, 0.5) is 4.39 Å². The molecule has 0 aliphatic rings. The van der Waals surface area contributed by atoms with Crippen molar-refractivity contribution in [3.05, 3.63) is 69.0 Å². The van der Waals surface area contributed by atoms with E-state index in [1.165, 1.54) is 23.5 Å². The molecule has 4 N–H and O–H groups in total. The molecule has 9 heteroatoms. The molecular formula is C21H23ClFN5OS. The first-order valence-electron chi connectivity index (χ1n) is 9.33. The van der Waals surface area contributed by atoms with Gasteiger partial charge in [0, 0.05) is 29.1 Å². The average Bonchev–Trinajstić information content (AvgIpc) is 3.13. The Bertz CT molecular complexity index is 1080. The highest BCUT2D eigenvalue weighted by molar-refractivity contribution is 7.07. The second-order valence-electron chi connectivity index (χ2n) is 6.53. The third-order valence-electron chi connectivity index (χ3n) is 4.45. The molecule has 158 valence electrons. The monoisotopic (exact) mass is 447 g/mol. The minimum Gasteiger partial charge on any atom is -0.496 e. The van der Waals surface area contributed by atoms with E-state index in [0.29, 0.717) is 30.4 Å². The largest absolute Gasteiger partial charge is 0.496 e. The van der Waals surface area contributed by atoms with Gasteiger partial charge in [-0.2, -0.15) is 0 Å². The molecule has 30 heavy (non-hydrogen) atoms. The predicted molar refractivity (Wildman–Crippen MR) is 120 cm³/mol. The van der Waals surface area contributed by atoms with Gasteiger partial charge in [0.05, 0.1) is 19.3 Å². The number of nitrogens with zero attached hydrogens (tertiary/aromatic N) is 2. The molecule has 0 saturated carbocycles. The molecule has 1 aromatic heterocycles. The van der Waals surface area contributed by atoms with E-state index in [-0.39, 0.29) is 11.8 Å². The molecule has 0 bridgehead atoms. The maximum Gasteiger partial charge on any atom is 0.185 e. The van der Waals surface area contributed by atoms with Crippen LogP contribution in [0.5, 0.6) is 5.75 Å². The minimum absolute atomic E-state index is 0.0520. The molecular weight excluding hydrogens is 425 g/mol. The van der Waals surface area contributed by atoms with Gasteiger partial charge in [-0.3, -0.25) is 10.4 Å². The van der Waals surface area contributed by atoms with E-state index >= 15 is 0 Å². The van der Waals surface area contributed by atoms with Crippen LogP contribution in [0, 0.1) is 11.2 Å². The number of guanidine groups is 1. The van der Waals surface area contributed by atoms with Crippen LogP contribution in [0.2, 0.25) is 5.02 Å². The zero-order chi connectivity index (χ0) is 21.5. The summed E-state index contributed by atoms with van der Waals surface area (Å²) in [5.41, 5.74) is 8.17. The van der Waals surface area contributed by atoms with Crippen molar-refractivity contribution in [3.63, 3.8) is 0 Å². The van der Waals surface area contributed by atoms with E-state index in [1.54, 1.807) is 25.3 Å². The molecule has 0 spiro atoms. The first-order chi connectivity index (χ1) is 14.5. The second kappa shape index (κ2) is 10.3. The van der Waals surface area contributed by atoms with Gasteiger partial charge in [-0.1, -0.05) is 17.7 Å². The normalized spacial score (nSPS) is 11.5. The summed E-state index contributed by atoms with van der Waals surface area (Å²) in [5.74, 6) is 0.369. The van der Waals surface area contributed by atoms with Crippen LogP contribution < -0.4 is 20.6 Å². The smallest absolute Gasteiger partial charge is 0.185 e. The Kier molecular flexibility index (Phi) is 7.48. The van der Waals surface area contributed by atoms with E-state index in [9.17, 15) is 4.39 Å². The lowest BCUT2D eigenvalue weighted by Crippen LogP contribution is -2.31. The minimum atomic E-state index is -0.272. The maximum atomic E-state index is 13.4. The van der Waals surface area contributed by atoms with Crippen LogP contribution in [0.25, 0.3) is 11.3 Å². The van der Waals surface area contributed by atoms with Crippen molar-refractivity contribution < 1.29 is 9.13 Å². The van der Waals surface area contributed by atoms with Gasteiger partial charge < -0.3 is 20.4 Å². The number of hydrogen-bond donors (Lipinski definition) is 3. The number of hydrogen-bond acceptors (Lipinski definition) is 4. The number of nitrogens with one attached hydrogen (secondary N) is 2. The molecule has 0 saturated heterocycles. The predicted octanol–water partition coefficient (Wildman–Crippen LogP) is 3.99. The van der Waals surface area contributed by atoms with Gasteiger partial charge in [0.1, 0.15) is 11.6 Å². The Morgan fingerprint density at radius 1 is 1.30 bits per heavy atom. The molecule has 0 fully saturated rings. The second-order valence-corrected chi connectivity index (χ2v) is 7.80. The number of methoxy groups -OCH3 is 1. The highest BCUT2D eigenvalue weighted by Crippen LogP contribution is 2.24. The summed E-state index contributed by atoms with van der Waals surface area (Å²) in [6, 6.07) is 11.9. The summed E-state index contributed by atoms with van der Waals surface area (Å²) in [5, 5.41) is 12.7. The van der Waals surface area contributed by atoms with E-state index < -0.39 is 0 Å². The highest BCUT2D eigenvalue weighted by atomic mass is 35.5. The number of nitrogens with two attached hydrogens (primary N) is 1. The molecule has 0 aliphatic carbocycles. The van der Waals surface area contributed by atoms with E-state index in [1.807, 2.05) is 17.5 Å². The third-order valence-corrected chi connectivity index (χ3v) is 5.58. The Balaban J connectivity index is 1.91. The van der Waals surface area contributed by atoms with E-state index in [2.05, 4.69) is 9.88 Å². The molecule has 2 aromatic carbocycles. The van der Waals surface area contributed by atoms with E-state index in [4.69, 9.17) is 32.5 Å². The summed E-state index contributed by atoms with van der Waals surface area (Å²) >= 11 is 7.57. The van der Waals surface area contributed by atoms with Crippen LogP contribution in [0.3, 0.4) is 0 Å². The van der Waals surface area contributed by atoms with Gasteiger partial charge in [-0.15, -0.1) is 11.3 Å². The lowest BCUT2D eigenvalue weighted by Gasteiger charge is -2.10. The topological polar surface area (TPSA) is 88.4 Å². The number of benzene rings is 2. The van der Waals surface area contributed by atoms with Crippen molar-refractivity contribution in [2.24, 2.45) is 10.7 Å². The van der Waals surface area contributed by atoms with Crippen LogP contribution >= 0.6 is 22.9 Å². The number of halogens is 2. The van der Waals surface area contributed by atoms with Crippen molar-refractivity contribution in [1.29, 1.82) is 5.41 Å². The Hall–Kier alpha value is -2.84. The Morgan fingerprint density at radius 3 is 2.77 bits per heavy atom. The molecule has 6 nitrogen and oxygen atoms in total. The molecule has 0 unspecified atom stereocenters. The van der Waals surface area contributed by atoms with Gasteiger partial charge in [-0.05, 0) is 48.4 Å². The fraction of sp³-hybridized carbons (Fsp3) is 0.238. The fourth-order valence-corrected chi connectivity index (χ4v) is 4.08. The summed E-state index contributed by atoms with van der Waals surface area (Å²) in [6.45, 7) is 1.69. The van der Waals surface area contributed by atoms with Crippen LogP contribution in [0.15, 0.2) is 52.8 Å². The van der Waals surface area contributed by atoms with Crippen LogP contribution in [-0.2, 0) is 13.1 Å². The SMILES string of the molecule is COc1cc(Cl)ccc1C/N=c1/scc(-c2ccc(F)cc2)n1CCCNC(=N)N. The van der Waals surface area contributed by atoms with Gasteiger partial charge in [-0.25, -0.2) is 4.39 Å². The molecule has 0 aliphatic heterocycles. The number of thiazole rings is 1. The highest BCUT2D eigenvalue weighted by Gasteiger charge is 2.09. The molecule has 0 atom stereocenters. The van der Waals surface area contributed by atoms with Crippen molar-refractivity contribution in [1.82, 2.24) is 9.88 Å². The summed E-state index contributed by atoms with van der Waals surface area (Å²) in [7, 11) is 1.61. The number of aromatic nitrogens is 1. The molecule has 1 heterocycles. The molecule has 3 aromatic rings. The quantitative estimate of drug-likeness (QED) is 0.277. The summed E-state index contributed by atoms with van der Waals surface area (Å²) in [6.07, 6.45) is 0.752. The van der Waals surface area contributed by atoms with Gasteiger partial charge in [0.25, 0.3) is 0 Å². The standard InChI is InChI=1S/C21H23ClFN5OS/c1-29-19-11-16(22)6-3-15(19)12-27-21-28(10-2-9-26-20(24)25)18(13-30-21)14-4-7-17(23)8-5-14/h3-8,11,13H,2,9-10,12H2,1H3,(H4,24,25,26)/b27-21+. The lowest BCUT2D eigenvalue weighted by molar-refractivity contribution is 0.409. The summed E-state index contributed by atoms with van der Waals surface area (Å²) < 4.78 is 20.9. The molecule has 0 radical (unpaired) electrons. The average molecular weight is 448 g/mol. The first kappa shape index (κ1) is 21.9. The fourth-order valence-electron chi connectivity index (χ4n) is 2.98. The van der Waals surface area contributed by atoms with Crippen LogP contribution in [-0.4, -0.2) is 24.2 Å². The zero-order valence-electron chi connectivity index (χ0n) is 16.5. The van der Waals surface area contributed by atoms with Gasteiger partial charge >= 0.3 is 0 Å². The van der Waals surface area contributed by atoms with Crippen molar-refractivity contribution in [2.75, 3.05) is 13.7 Å². The molecule has 3 rings (SSSR count). The first-order valence-corrected chi connectivity index (χ1v) is 10.6. The number of ether oxygens (including phenoxy) is 1. The van der Waals surface area contributed by atoms with Crippen molar-refractivity contribution in [2.45, 2.75) is 19.5 Å². The number of rotatable bonds is 8. The van der Waals surface area contributed by atoms with Crippen molar-refractivity contribution >= 4 is 28.9 Å². The molecule has 0 amide bonds. The third kappa shape index (κ3) is 5.61. The Morgan fingerprint density at radius 2 is 2.07 bits per heavy atom. The van der Waals surface area contributed by atoms with Gasteiger partial charge in [0.15, 0.2) is 10.8 Å². The van der Waals surface area contributed by atoms with Crippen LogP contribution in [0.1, 0.15) is 12.0 Å². The Labute approximate surface area is 183 Å². The lowest BCUT2D eigenvalue weighted by atomic mass is 10.1. The summed E-state index contributed by atoms with van der Waals surface area (Å²) in [4.78, 5) is 5.63. The van der Waals surface area contributed by atoms with Crippen molar-refractivity contribution in [3.8, 4) is 17.0 Å². The van der Waals surface area contributed by atoms with E-state index in [0.717, 1.165) is 28.0 Å².